The molecule has 0 aliphatic carbocycles. The normalized spacial score (nSPS) is 19.3. The largest absolute Gasteiger partial charge is 0.461 e. The molecule has 0 unspecified atom stereocenters. The highest BCUT2D eigenvalue weighted by atomic mass is 35.5. The quantitative estimate of drug-likeness (QED) is 0.843. The van der Waals surface area contributed by atoms with E-state index in [9.17, 15) is 4.79 Å². The molecule has 0 fully saturated rings. The summed E-state index contributed by atoms with van der Waals surface area (Å²) < 4.78 is 5.77. The van der Waals surface area contributed by atoms with Crippen molar-refractivity contribution in [2.45, 2.75) is 6.10 Å². The van der Waals surface area contributed by atoms with Crippen LogP contribution in [0.15, 0.2) is 60.1 Å². The Morgan fingerprint density at radius 1 is 0.952 bits per heavy atom. The van der Waals surface area contributed by atoms with Gasteiger partial charge in [-0.1, -0.05) is 41.9 Å². The van der Waals surface area contributed by atoms with Crippen LogP contribution in [-0.4, -0.2) is 5.78 Å². The van der Waals surface area contributed by atoms with Gasteiger partial charge in [-0.25, -0.2) is 0 Å². The van der Waals surface area contributed by atoms with Gasteiger partial charge in [-0.3, -0.25) is 4.79 Å². The predicted octanol–water partition coefficient (Wildman–Crippen LogP) is 3.69. The van der Waals surface area contributed by atoms with Gasteiger partial charge in [0.1, 0.15) is 5.70 Å². The molecule has 0 aromatic heterocycles. The third-order valence-electron chi connectivity index (χ3n) is 3.57. The lowest BCUT2D eigenvalue weighted by Crippen LogP contribution is -2.18. The van der Waals surface area contributed by atoms with Gasteiger partial charge < -0.3 is 15.4 Å². The van der Waals surface area contributed by atoms with Crippen LogP contribution < -0.4 is 10.6 Å². The van der Waals surface area contributed by atoms with Gasteiger partial charge in [-0.05, 0) is 18.2 Å². The van der Waals surface area contributed by atoms with Crippen molar-refractivity contribution >= 4 is 28.8 Å². The first kappa shape index (κ1) is 12.3. The number of para-hydroxylation sites is 2. The first-order chi connectivity index (χ1) is 10.2. The van der Waals surface area contributed by atoms with Gasteiger partial charge in [-0.2, -0.15) is 0 Å². The van der Waals surface area contributed by atoms with E-state index in [0.717, 1.165) is 11.4 Å². The molecule has 2 heterocycles. The molecule has 5 heteroatoms. The predicted molar refractivity (Wildman–Crippen MR) is 81.0 cm³/mol. The van der Waals surface area contributed by atoms with Gasteiger partial charge in [0.15, 0.2) is 6.10 Å². The third-order valence-corrected chi connectivity index (χ3v) is 3.91. The molecule has 21 heavy (non-hydrogen) atoms. The molecular formula is C16H11ClN2O2. The minimum atomic E-state index is -0.710. The second kappa shape index (κ2) is 4.53. The van der Waals surface area contributed by atoms with Crippen molar-refractivity contribution in [2.24, 2.45) is 0 Å². The van der Waals surface area contributed by atoms with Crippen molar-refractivity contribution in [2.75, 3.05) is 10.6 Å². The molecule has 0 spiro atoms. The molecule has 4 rings (SSSR count). The number of Topliss-reactive ketones (excluding diaryl/α,β-unsaturated/α-hetero) is 1. The molecule has 104 valence electrons. The highest BCUT2D eigenvalue weighted by Crippen LogP contribution is 2.40. The molecule has 1 atom stereocenters. The van der Waals surface area contributed by atoms with Crippen LogP contribution in [0.25, 0.3) is 0 Å². The zero-order valence-electron chi connectivity index (χ0n) is 10.9. The Morgan fingerprint density at radius 3 is 2.38 bits per heavy atom. The lowest BCUT2D eigenvalue weighted by atomic mass is 10.0. The number of carbonyl (C=O) groups excluding carboxylic acids is 1. The fourth-order valence-corrected chi connectivity index (χ4v) is 2.77. The van der Waals surface area contributed by atoms with Crippen LogP contribution in [0.4, 0.5) is 11.4 Å². The molecule has 0 amide bonds. The second-order valence-corrected chi connectivity index (χ2v) is 5.29. The highest BCUT2D eigenvalue weighted by molar-refractivity contribution is 6.31. The number of ether oxygens (including phenoxy) is 1. The van der Waals surface area contributed by atoms with Crippen molar-refractivity contribution in [3.63, 3.8) is 0 Å². The van der Waals surface area contributed by atoms with Crippen molar-refractivity contribution in [1.82, 2.24) is 0 Å². The summed E-state index contributed by atoms with van der Waals surface area (Å²) in [5.74, 6) is 0.323. The Kier molecular flexibility index (Phi) is 2.65. The number of hydrogen-bond donors (Lipinski definition) is 2. The van der Waals surface area contributed by atoms with E-state index in [-0.39, 0.29) is 5.78 Å². The molecule has 2 aliphatic heterocycles. The second-order valence-electron chi connectivity index (χ2n) is 4.88. The topological polar surface area (TPSA) is 50.4 Å². The van der Waals surface area contributed by atoms with E-state index in [1.807, 2.05) is 36.4 Å². The maximum atomic E-state index is 12.6. The number of halogens is 1. The van der Waals surface area contributed by atoms with Crippen molar-refractivity contribution in [3.8, 4) is 0 Å². The minimum Gasteiger partial charge on any atom is -0.461 e. The van der Waals surface area contributed by atoms with Crippen LogP contribution in [0, 0.1) is 0 Å². The van der Waals surface area contributed by atoms with Crippen LogP contribution in [0.5, 0.6) is 0 Å². The number of ketones is 1. The van der Waals surface area contributed by atoms with Crippen LogP contribution in [-0.2, 0) is 9.53 Å². The number of hydrogen-bond acceptors (Lipinski definition) is 4. The molecule has 2 aromatic carbocycles. The lowest BCUT2D eigenvalue weighted by Gasteiger charge is -2.19. The molecule has 0 saturated heterocycles. The number of fused-ring (bicyclic) bond motifs is 1. The molecule has 4 nitrogen and oxygen atoms in total. The molecule has 2 aliphatic rings. The summed E-state index contributed by atoms with van der Waals surface area (Å²) >= 11 is 6.16. The number of anilines is 2. The smallest absolute Gasteiger partial charge is 0.229 e. The average Bonchev–Trinajstić information content (AvgIpc) is 2.82. The van der Waals surface area contributed by atoms with E-state index >= 15 is 0 Å². The molecule has 0 radical (unpaired) electrons. The summed E-state index contributed by atoms with van der Waals surface area (Å²) in [4.78, 5) is 12.6. The number of carbonyl (C=O) groups is 1. The zero-order valence-corrected chi connectivity index (χ0v) is 11.6. The van der Waals surface area contributed by atoms with Gasteiger partial charge >= 0.3 is 0 Å². The maximum absolute atomic E-state index is 12.6. The maximum Gasteiger partial charge on any atom is 0.229 e. The van der Waals surface area contributed by atoms with Crippen molar-refractivity contribution < 1.29 is 9.53 Å². The van der Waals surface area contributed by atoms with E-state index in [1.54, 1.807) is 12.1 Å². The Labute approximate surface area is 126 Å². The van der Waals surface area contributed by atoms with Gasteiger partial charge in [-0.15, -0.1) is 0 Å². The Hall–Kier alpha value is -2.46. The number of rotatable bonds is 1. The highest BCUT2D eigenvalue weighted by Gasteiger charge is 2.39. The summed E-state index contributed by atoms with van der Waals surface area (Å²) in [7, 11) is 0. The summed E-state index contributed by atoms with van der Waals surface area (Å²) in [5.41, 5.74) is 2.85. The first-order valence-electron chi connectivity index (χ1n) is 6.56. The Bertz CT molecular complexity index is 785. The van der Waals surface area contributed by atoms with Crippen LogP contribution >= 0.6 is 11.6 Å². The SMILES string of the molecule is O=C1C2=C(Nc3ccccc3N2)O[C@@H]1c1ccccc1Cl. The van der Waals surface area contributed by atoms with Crippen LogP contribution in [0.1, 0.15) is 11.7 Å². The number of nitrogens with one attached hydrogen (secondary N) is 2. The van der Waals surface area contributed by atoms with Crippen LogP contribution in [0.3, 0.4) is 0 Å². The third kappa shape index (κ3) is 1.87. The van der Waals surface area contributed by atoms with Crippen LogP contribution in [0.2, 0.25) is 5.02 Å². The minimum absolute atomic E-state index is 0.125. The molecule has 2 N–H and O–H groups in total. The molecule has 0 bridgehead atoms. The Morgan fingerprint density at radius 2 is 1.62 bits per heavy atom. The van der Waals surface area contributed by atoms with Gasteiger partial charge in [0.2, 0.25) is 11.7 Å². The fourth-order valence-electron chi connectivity index (χ4n) is 2.53. The molecular weight excluding hydrogens is 288 g/mol. The van der Waals surface area contributed by atoms with E-state index < -0.39 is 6.10 Å². The molecule has 0 saturated carbocycles. The van der Waals surface area contributed by atoms with Gasteiger partial charge in [0.05, 0.1) is 11.4 Å². The standard InChI is InChI=1S/C16H11ClN2O2/c17-10-6-2-1-5-9(10)15-14(20)13-16(21-15)19-12-8-4-3-7-11(12)18-13/h1-8,15,18-19H/t15-/m1/s1. The summed E-state index contributed by atoms with van der Waals surface area (Å²) in [5, 5.41) is 6.79. The zero-order chi connectivity index (χ0) is 14.4. The summed E-state index contributed by atoms with van der Waals surface area (Å²) in [6.45, 7) is 0. The monoisotopic (exact) mass is 298 g/mol. The first-order valence-corrected chi connectivity index (χ1v) is 6.94. The van der Waals surface area contributed by atoms with E-state index in [2.05, 4.69) is 10.6 Å². The fraction of sp³-hybridized carbons (Fsp3) is 0.0625. The summed E-state index contributed by atoms with van der Waals surface area (Å²) in [6, 6.07) is 14.9. The van der Waals surface area contributed by atoms with Gasteiger partial charge in [0, 0.05) is 10.6 Å². The average molecular weight is 299 g/mol. The lowest BCUT2D eigenvalue weighted by molar-refractivity contribution is -0.121. The van der Waals surface area contributed by atoms with Crippen molar-refractivity contribution in [1.29, 1.82) is 0 Å². The Balaban J connectivity index is 1.69. The summed E-state index contributed by atoms with van der Waals surface area (Å²) in [6.07, 6.45) is -0.710. The molecule has 2 aromatic rings. The van der Waals surface area contributed by atoms with E-state index in [4.69, 9.17) is 16.3 Å². The van der Waals surface area contributed by atoms with E-state index in [1.165, 1.54) is 0 Å². The van der Waals surface area contributed by atoms with Crippen molar-refractivity contribution in [3.05, 3.63) is 70.7 Å². The number of benzene rings is 2. The van der Waals surface area contributed by atoms with Gasteiger partial charge in [0.25, 0.3) is 0 Å². The van der Waals surface area contributed by atoms with E-state index in [0.29, 0.717) is 22.2 Å².